The van der Waals surface area contributed by atoms with Crippen molar-refractivity contribution in [2.75, 3.05) is 36.2 Å². The first kappa shape index (κ1) is 53.1. The number of nitrogen functional groups attached to an aromatic ring is 2. The van der Waals surface area contributed by atoms with Gasteiger partial charge in [0.15, 0.2) is 23.2 Å². The molecule has 16 heteroatoms. The van der Waals surface area contributed by atoms with Crippen molar-refractivity contribution < 1.29 is 15.5 Å². The Bertz CT molecular complexity index is 1240. The molecule has 0 saturated carbocycles. The standard InChI is InChI=1S/C13H20O3S.2C6H10N4.C6H14.CH4.FI.H2IP/c1-4-6-12(5-2)16-17(14,15)13-9-7-11(3)8-10-13;2*1-4-3-9-6(8-2)10-5(4)7;1-3-5-6-4-2;;2*1-2/h7-10,12H,4-6H2,1-3H3;2*3H,1-2H3,(H3,7,8,9,10);3-6H2,1-2H3;1H4;;2H2. The molecule has 278 valence electrons. The van der Waals surface area contributed by atoms with E-state index in [1.165, 1.54) is 25.7 Å². The van der Waals surface area contributed by atoms with Crippen molar-refractivity contribution in [1.82, 2.24) is 19.9 Å². The van der Waals surface area contributed by atoms with E-state index in [1.54, 1.807) is 50.8 Å². The zero-order valence-corrected chi connectivity index (χ0v) is 35.6. The van der Waals surface area contributed by atoms with Gasteiger partial charge in [0, 0.05) is 37.6 Å². The quantitative estimate of drug-likeness (QED) is 0.0625. The van der Waals surface area contributed by atoms with Gasteiger partial charge in [-0.25, -0.2) is 9.97 Å². The fraction of sp³-hybridized carbons (Fsp3) is 0.562. The Hall–Kier alpha value is -1.69. The molecular formula is C32H60FI2N8O3PS. The molecule has 6 N–H and O–H groups in total. The Morgan fingerprint density at radius 1 is 0.812 bits per heavy atom. The Kier molecular flexibility index (Phi) is 37.4. The summed E-state index contributed by atoms with van der Waals surface area (Å²) >= 11 is 2.72. The van der Waals surface area contributed by atoms with E-state index in [2.05, 4.69) is 73.3 Å². The highest BCUT2D eigenvalue weighted by molar-refractivity contribution is 14.2. The second-order valence-electron chi connectivity index (χ2n) is 9.91. The van der Waals surface area contributed by atoms with Crippen LogP contribution < -0.4 is 22.1 Å². The normalized spacial score (nSPS) is 10.1. The molecule has 48 heavy (non-hydrogen) atoms. The van der Waals surface area contributed by atoms with Gasteiger partial charge in [0.25, 0.3) is 10.1 Å². The Labute approximate surface area is 320 Å². The van der Waals surface area contributed by atoms with E-state index in [1.807, 2.05) is 34.6 Å². The number of unbranched alkanes of at least 4 members (excludes halogenated alkanes) is 3. The topological polar surface area (TPSA) is 171 Å². The van der Waals surface area contributed by atoms with Crippen LogP contribution in [0.1, 0.15) is 96.8 Å². The first-order chi connectivity index (χ1) is 22.4. The molecule has 2 atom stereocenters. The fourth-order valence-electron chi connectivity index (χ4n) is 3.23. The average molecular weight is 941 g/mol. The van der Waals surface area contributed by atoms with Crippen molar-refractivity contribution in [3.8, 4) is 0 Å². The summed E-state index contributed by atoms with van der Waals surface area (Å²) in [5.41, 5.74) is 13.8. The summed E-state index contributed by atoms with van der Waals surface area (Å²) in [6.45, 7) is 16.5. The van der Waals surface area contributed by atoms with Crippen molar-refractivity contribution in [3.63, 3.8) is 0 Å². The number of benzene rings is 1. The molecule has 0 aliphatic rings. The highest BCUT2D eigenvalue weighted by atomic mass is 127. The lowest BCUT2D eigenvalue weighted by molar-refractivity contribution is 0.193. The molecule has 1 aromatic carbocycles. The zero-order valence-electron chi connectivity index (χ0n) is 29.3. The molecule has 0 radical (unpaired) electrons. The van der Waals surface area contributed by atoms with Gasteiger partial charge in [-0.15, -0.1) is 0 Å². The number of nitrogens with zero attached hydrogens (tertiary/aromatic N) is 4. The zero-order chi connectivity index (χ0) is 36.8. The van der Waals surface area contributed by atoms with Crippen LogP contribution in [0.15, 0.2) is 41.6 Å². The highest BCUT2D eigenvalue weighted by Crippen LogP contribution is 2.18. The third kappa shape index (κ3) is 25.3. The van der Waals surface area contributed by atoms with E-state index in [0.717, 1.165) is 29.5 Å². The van der Waals surface area contributed by atoms with Gasteiger partial charge in [0.05, 0.1) is 11.0 Å². The maximum atomic E-state index is 12.0. The molecule has 0 aliphatic heterocycles. The summed E-state index contributed by atoms with van der Waals surface area (Å²) in [6.07, 6.45) is 11.1. The fourth-order valence-corrected chi connectivity index (χ4v) is 4.40. The monoisotopic (exact) mass is 940 g/mol. The number of hydrogen-bond acceptors (Lipinski definition) is 11. The molecule has 2 heterocycles. The maximum absolute atomic E-state index is 12.0. The van der Waals surface area contributed by atoms with Crippen LogP contribution in [-0.4, -0.2) is 48.6 Å². The highest BCUT2D eigenvalue weighted by Gasteiger charge is 2.19. The van der Waals surface area contributed by atoms with Gasteiger partial charge in [-0.2, -0.15) is 21.2 Å². The summed E-state index contributed by atoms with van der Waals surface area (Å²) in [5.74, 6) is 2.17. The molecule has 0 saturated heterocycles. The van der Waals surface area contributed by atoms with Crippen LogP contribution in [0.5, 0.6) is 0 Å². The predicted molar refractivity (Wildman–Crippen MR) is 225 cm³/mol. The van der Waals surface area contributed by atoms with Crippen LogP contribution in [0.25, 0.3) is 0 Å². The number of nitrogens with two attached hydrogens (primary N) is 2. The molecule has 11 nitrogen and oxygen atoms in total. The smallest absolute Gasteiger partial charge is 0.297 e. The van der Waals surface area contributed by atoms with Gasteiger partial charge < -0.3 is 22.1 Å². The second kappa shape index (κ2) is 33.8. The van der Waals surface area contributed by atoms with Crippen molar-refractivity contribution in [1.29, 1.82) is 0 Å². The Morgan fingerprint density at radius 3 is 1.50 bits per heavy atom. The van der Waals surface area contributed by atoms with E-state index in [0.29, 0.717) is 53.1 Å². The van der Waals surface area contributed by atoms with Crippen LogP contribution >= 0.6 is 52.1 Å². The number of anilines is 4. The Morgan fingerprint density at radius 2 is 1.21 bits per heavy atom. The number of hydrogen-bond donors (Lipinski definition) is 4. The molecule has 3 rings (SSSR count). The predicted octanol–water partition coefficient (Wildman–Crippen LogP) is 9.84. The van der Waals surface area contributed by atoms with Gasteiger partial charge in [-0.3, -0.25) is 4.18 Å². The number of nitrogens with one attached hydrogen (secondary N) is 2. The van der Waals surface area contributed by atoms with Gasteiger partial charge in [-0.1, -0.05) is 114 Å². The first-order valence-electron chi connectivity index (χ1n) is 15.3. The van der Waals surface area contributed by atoms with E-state index >= 15 is 0 Å². The molecule has 0 bridgehead atoms. The minimum Gasteiger partial charge on any atom is -0.383 e. The van der Waals surface area contributed by atoms with Gasteiger partial charge >= 0.3 is 0 Å². The number of aryl methyl sites for hydroxylation is 3. The van der Waals surface area contributed by atoms with E-state index in [-0.39, 0.29) is 18.4 Å². The molecule has 3 aromatic rings. The summed E-state index contributed by atoms with van der Waals surface area (Å²) in [6, 6.07) is 6.72. The summed E-state index contributed by atoms with van der Waals surface area (Å²) in [4.78, 5) is 16.0. The third-order valence-electron chi connectivity index (χ3n) is 6.06. The van der Waals surface area contributed by atoms with Crippen LogP contribution in [-0.2, 0) is 14.3 Å². The van der Waals surface area contributed by atoms with Crippen molar-refractivity contribution >= 4 is 85.7 Å². The van der Waals surface area contributed by atoms with Crippen molar-refractivity contribution in [3.05, 3.63) is 53.3 Å². The lowest BCUT2D eigenvalue weighted by Crippen LogP contribution is -2.17. The summed E-state index contributed by atoms with van der Waals surface area (Å²) in [5, 5.41) is 5.59. The molecule has 0 fully saturated rings. The number of halogens is 3. The summed E-state index contributed by atoms with van der Waals surface area (Å²) in [7, 11) is -0.102. The SMILES string of the molecule is C.CCCC(CC)OS(=O)(=O)c1ccc(C)cc1.CCCCCC.CNc1ncc(C)c(N)n1.CNc1ncc(C)c(N)n1.FI.PI. The Balaban J connectivity index is -0.000000272. The number of aromatic nitrogens is 4. The largest absolute Gasteiger partial charge is 0.383 e. The lowest BCUT2D eigenvalue weighted by Gasteiger charge is -2.14. The molecule has 0 amide bonds. The molecular weight excluding hydrogens is 880 g/mol. The van der Waals surface area contributed by atoms with Crippen LogP contribution in [0.3, 0.4) is 0 Å². The number of rotatable bonds is 11. The van der Waals surface area contributed by atoms with Crippen LogP contribution in [0.2, 0.25) is 0 Å². The molecule has 2 aromatic heterocycles. The van der Waals surface area contributed by atoms with Gasteiger partial charge in [0.2, 0.25) is 11.9 Å². The third-order valence-corrected chi connectivity index (χ3v) is 7.44. The molecule has 2 unspecified atom stereocenters. The minimum absolute atomic E-state index is 0. The first-order valence-corrected chi connectivity index (χ1v) is 21.7. The van der Waals surface area contributed by atoms with Crippen LogP contribution in [0.4, 0.5) is 26.4 Å². The lowest BCUT2D eigenvalue weighted by atomic mass is 10.2. The van der Waals surface area contributed by atoms with Crippen molar-refractivity contribution in [2.45, 2.75) is 112 Å². The second-order valence-corrected chi connectivity index (χ2v) is 11.5. The van der Waals surface area contributed by atoms with E-state index in [9.17, 15) is 11.3 Å². The van der Waals surface area contributed by atoms with Gasteiger partial charge in [0.1, 0.15) is 11.6 Å². The van der Waals surface area contributed by atoms with E-state index in [4.69, 9.17) is 15.7 Å². The van der Waals surface area contributed by atoms with Crippen LogP contribution in [0, 0.1) is 20.8 Å². The molecule has 0 aliphatic carbocycles. The van der Waals surface area contributed by atoms with Crippen molar-refractivity contribution in [2.24, 2.45) is 0 Å². The average Bonchev–Trinajstić information content (AvgIpc) is 3.09. The maximum Gasteiger partial charge on any atom is 0.297 e. The minimum atomic E-state index is -3.61. The summed E-state index contributed by atoms with van der Waals surface area (Å²) < 4.78 is 38.6. The molecule has 0 spiro atoms. The van der Waals surface area contributed by atoms with Gasteiger partial charge in [-0.05, 0) is 45.7 Å². The van der Waals surface area contributed by atoms with E-state index < -0.39 is 10.1 Å².